The lowest BCUT2D eigenvalue weighted by molar-refractivity contribution is 0.379. The van der Waals surface area contributed by atoms with Crippen LogP contribution >= 0.6 is 0 Å². The van der Waals surface area contributed by atoms with E-state index in [0.717, 1.165) is 6.54 Å². The van der Waals surface area contributed by atoms with Crippen molar-refractivity contribution in [2.24, 2.45) is 11.3 Å². The first-order chi connectivity index (χ1) is 7.65. The van der Waals surface area contributed by atoms with Crippen LogP contribution in [0.2, 0.25) is 0 Å². The van der Waals surface area contributed by atoms with E-state index < -0.39 is 0 Å². The maximum Gasteiger partial charge on any atom is 0.322 e. The molecule has 0 atom stereocenters. The molecular formula is C9H16N6O. The molecule has 1 fully saturated rings. The Hall–Kier alpha value is -1.63. The molecular weight excluding hydrogens is 208 g/mol. The molecule has 0 amide bonds. The van der Waals surface area contributed by atoms with Gasteiger partial charge in [0.25, 0.3) is 0 Å². The van der Waals surface area contributed by atoms with E-state index in [0.29, 0.717) is 11.4 Å². The third kappa shape index (κ3) is 2.48. The number of rotatable bonds is 5. The zero-order valence-electron chi connectivity index (χ0n) is 9.45. The van der Waals surface area contributed by atoms with E-state index in [9.17, 15) is 0 Å². The van der Waals surface area contributed by atoms with E-state index in [1.165, 1.54) is 20.0 Å². The van der Waals surface area contributed by atoms with Gasteiger partial charge < -0.3 is 10.1 Å². The third-order valence-electron chi connectivity index (χ3n) is 2.70. The fourth-order valence-corrected chi connectivity index (χ4v) is 1.27. The highest BCUT2D eigenvalue weighted by molar-refractivity contribution is 5.35. The van der Waals surface area contributed by atoms with Crippen LogP contribution in [0.1, 0.15) is 19.8 Å². The van der Waals surface area contributed by atoms with E-state index >= 15 is 0 Å². The van der Waals surface area contributed by atoms with Gasteiger partial charge in [0, 0.05) is 6.54 Å². The third-order valence-corrected chi connectivity index (χ3v) is 2.70. The molecule has 0 bridgehead atoms. The molecule has 0 radical (unpaired) electrons. The molecule has 16 heavy (non-hydrogen) atoms. The van der Waals surface area contributed by atoms with Crippen LogP contribution in [0.15, 0.2) is 0 Å². The van der Waals surface area contributed by atoms with E-state index in [1.54, 1.807) is 0 Å². The fraction of sp³-hybridized carbons (Fsp3) is 0.667. The van der Waals surface area contributed by atoms with Gasteiger partial charge in [-0.25, -0.2) is 5.84 Å². The van der Waals surface area contributed by atoms with Gasteiger partial charge in [0.2, 0.25) is 11.9 Å². The molecule has 7 nitrogen and oxygen atoms in total. The highest BCUT2D eigenvalue weighted by Crippen LogP contribution is 2.44. The Bertz CT molecular complexity index is 356. The average Bonchev–Trinajstić information content (AvgIpc) is 3.05. The maximum atomic E-state index is 5.25. The van der Waals surface area contributed by atoms with Gasteiger partial charge in [-0.1, -0.05) is 6.92 Å². The Balaban J connectivity index is 2.06. The van der Waals surface area contributed by atoms with Crippen LogP contribution < -0.4 is 21.3 Å². The summed E-state index contributed by atoms with van der Waals surface area (Å²) in [6.07, 6.45) is 2.48. The summed E-state index contributed by atoms with van der Waals surface area (Å²) in [4.78, 5) is 12.1. The number of nitrogens with two attached hydrogens (primary N) is 1. The minimum Gasteiger partial charge on any atom is -0.467 e. The monoisotopic (exact) mass is 224 g/mol. The van der Waals surface area contributed by atoms with Gasteiger partial charge in [0.05, 0.1) is 7.11 Å². The lowest BCUT2D eigenvalue weighted by Gasteiger charge is -2.10. The molecule has 0 aromatic carbocycles. The van der Waals surface area contributed by atoms with Crippen LogP contribution in [0.4, 0.5) is 11.9 Å². The summed E-state index contributed by atoms with van der Waals surface area (Å²) in [5, 5.41) is 3.16. The predicted octanol–water partition coefficient (Wildman–Crippen LogP) is 0.378. The van der Waals surface area contributed by atoms with Crippen molar-refractivity contribution in [3.63, 3.8) is 0 Å². The Labute approximate surface area is 93.8 Å². The molecule has 0 spiro atoms. The van der Waals surface area contributed by atoms with Crippen LogP contribution in [0, 0.1) is 5.41 Å². The zero-order chi connectivity index (χ0) is 11.6. The van der Waals surface area contributed by atoms with Crippen molar-refractivity contribution < 1.29 is 4.74 Å². The number of methoxy groups -OCH3 is 1. The summed E-state index contributed by atoms with van der Waals surface area (Å²) >= 11 is 0. The molecule has 0 saturated heterocycles. The molecule has 1 heterocycles. The topological polar surface area (TPSA) is 98.0 Å². The molecule has 0 aliphatic heterocycles. The van der Waals surface area contributed by atoms with E-state index in [1.807, 2.05) is 0 Å². The van der Waals surface area contributed by atoms with Crippen LogP contribution in [0.5, 0.6) is 6.01 Å². The molecule has 1 aliphatic rings. The number of aromatic nitrogens is 3. The van der Waals surface area contributed by atoms with Gasteiger partial charge in [0.1, 0.15) is 0 Å². The molecule has 1 aliphatic carbocycles. The lowest BCUT2D eigenvalue weighted by atomic mass is 10.1. The summed E-state index contributed by atoms with van der Waals surface area (Å²) in [7, 11) is 1.50. The highest BCUT2D eigenvalue weighted by Gasteiger charge is 2.37. The molecule has 1 aromatic rings. The first-order valence-corrected chi connectivity index (χ1v) is 5.16. The average molecular weight is 224 g/mol. The minimum atomic E-state index is 0.242. The van der Waals surface area contributed by atoms with Crippen molar-refractivity contribution in [1.29, 1.82) is 0 Å². The van der Waals surface area contributed by atoms with Crippen molar-refractivity contribution in [3.05, 3.63) is 0 Å². The number of nitrogen functional groups attached to an aromatic ring is 1. The molecule has 7 heteroatoms. The van der Waals surface area contributed by atoms with E-state index in [4.69, 9.17) is 10.6 Å². The van der Waals surface area contributed by atoms with Crippen molar-refractivity contribution in [2.45, 2.75) is 19.8 Å². The number of hydrogen-bond donors (Lipinski definition) is 3. The van der Waals surface area contributed by atoms with Crippen LogP contribution in [-0.2, 0) is 0 Å². The molecule has 88 valence electrons. The molecule has 1 aromatic heterocycles. The maximum absolute atomic E-state index is 5.25. The molecule has 4 N–H and O–H groups in total. The van der Waals surface area contributed by atoms with Crippen molar-refractivity contribution in [2.75, 3.05) is 24.4 Å². The van der Waals surface area contributed by atoms with Gasteiger partial charge in [-0.05, 0) is 18.3 Å². The van der Waals surface area contributed by atoms with Gasteiger partial charge in [-0.15, -0.1) is 0 Å². The number of anilines is 2. The SMILES string of the molecule is COc1nc(NN)nc(NCC2(C)CC2)n1. The van der Waals surface area contributed by atoms with Gasteiger partial charge in [0.15, 0.2) is 0 Å². The first kappa shape index (κ1) is 10.9. The molecule has 1 saturated carbocycles. The normalized spacial score (nSPS) is 16.7. The van der Waals surface area contributed by atoms with Gasteiger partial charge in [-0.3, -0.25) is 5.43 Å². The lowest BCUT2D eigenvalue weighted by Crippen LogP contribution is -2.17. The summed E-state index contributed by atoms with van der Waals surface area (Å²) in [5.74, 6) is 6.02. The quantitative estimate of drug-likeness (QED) is 0.491. The number of hydrazine groups is 1. The van der Waals surface area contributed by atoms with Gasteiger partial charge in [-0.2, -0.15) is 15.0 Å². The van der Waals surface area contributed by atoms with Crippen molar-refractivity contribution in [3.8, 4) is 6.01 Å². The summed E-state index contributed by atoms with van der Waals surface area (Å²) in [5.41, 5.74) is 2.76. The fourth-order valence-electron chi connectivity index (χ4n) is 1.27. The number of ether oxygens (including phenoxy) is 1. The number of hydrogen-bond acceptors (Lipinski definition) is 7. The minimum absolute atomic E-state index is 0.242. The largest absolute Gasteiger partial charge is 0.467 e. The standard InChI is InChI=1S/C9H16N6O/c1-9(3-4-9)5-11-6-12-7(15-10)14-8(13-6)16-2/h3-5,10H2,1-2H3,(H2,11,12,13,14,15). The smallest absolute Gasteiger partial charge is 0.322 e. The number of nitrogens with zero attached hydrogens (tertiary/aromatic N) is 3. The summed E-state index contributed by atoms with van der Waals surface area (Å²) in [6.45, 7) is 3.07. The van der Waals surface area contributed by atoms with Gasteiger partial charge >= 0.3 is 6.01 Å². The Morgan fingerprint density at radius 2 is 2.00 bits per heavy atom. The van der Waals surface area contributed by atoms with E-state index in [-0.39, 0.29) is 12.0 Å². The Kier molecular flexibility index (Phi) is 2.78. The summed E-state index contributed by atoms with van der Waals surface area (Å²) in [6, 6.07) is 0.242. The molecule has 2 rings (SSSR count). The predicted molar refractivity (Wildman–Crippen MR) is 60.0 cm³/mol. The Morgan fingerprint density at radius 3 is 2.56 bits per heavy atom. The van der Waals surface area contributed by atoms with Crippen molar-refractivity contribution >= 4 is 11.9 Å². The highest BCUT2D eigenvalue weighted by atomic mass is 16.5. The van der Waals surface area contributed by atoms with Crippen LogP contribution in [0.3, 0.4) is 0 Å². The molecule has 0 unspecified atom stereocenters. The van der Waals surface area contributed by atoms with Crippen molar-refractivity contribution in [1.82, 2.24) is 15.0 Å². The zero-order valence-corrected chi connectivity index (χ0v) is 9.45. The second-order valence-electron chi connectivity index (χ2n) is 4.28. The van der Waals surface area contributed by atoms with Crippen LogP contribution in [0.25, 0.3) is 0 Å². The second kappa shape index (κ2) is 4.09. The number of nitrogens with one attached hydrogen (secondary N) is 2. The summed E-state index contributed by atoms with van der Waals surface area (Å²) < 4.78 is 4.95. The van der Waals surface area contributed by atoms with Crippen LogP contribution in [-0.4, -0.2) is 28.6 Å². The first-order valence-electron chi connectivity index (χ1n) is 5.16. The van der Waals surface area contributed by atoms with E-state index in [2.05, 4.69) is 32.6 Å². The second-order valence-corrected chi connectivity index (χ2v) is 4.28. The Morgan fingerprint density at radius 1 is 1.31 bits per heavy atom.